The van der Waals surface area contributed by atoms with E-state index in [0.717, 1.165) is 31.9 Å². The van der Waals surface area contributed by atoms with Gasteiger partial charge in [-0.05, 0) is 37.2 Å². The second kappa shape index (κ2) is 11.2. The Morgan fingerprint density at radius 2 is 1.81 bits per heavy atom. The minimum Gasteiger partial charge on any atom is -0.356 e. The molecule has 0 amide bonds. The number of halogens is 1. The van der Waals surface area contributed by atoms with Crippen molar-refractivity contribution in [2.75, 3.05) is 39.5 Å². The molecule has 0 saturated carbocycles. The predicted octanol–water partition coefficient (Wildman–Crippen LogP) is 2.55. The fourth-order valence-electron chi connectivity index (χ4n) is 3.17. The van der Waals surface area contributed by atoms with E-state index in [4.69, 9.17) is 0 Å². The molecule has 1 aromatic carbocycles. The number of hydrogen-bond donors (Lipinski definition) is 2. The van der Waals surface area contributed by atoms with Gasteiger partial charge in [0.2, 0.25) is 10.0 Å². The van der Waals surface area contributed by atoms with Crippen LogP contribution in [0.5, 0.6) is 0 Å². The third-order valence-corrected chi connectivity index (χ3v) is 6.35. The molecule has 1 unspecified atom stereocenters. The first-order valence-electron chi connectivity index (χ1n) is 9.25. The lowest BCUT2D eigenvalue weighted by molar-refractivity contribution is 0.275. The van der Waals surface area contributed by atoms with E-state index in [1.165, 1.54) is 17.4 Å². The summed E-state index contributed by atoms with van der Waals surface area (Å²) in [5, 5.41) is 6.77. The van der Waals surface area contributed by atoms with Gasteiger partial charge in [-0.25, -0.2) is 12.7 Å². The molecule has 154 valence electrons. The van der Waals surface area contributed by atoms with Crippen LogP contribution in [0.2, 0.25) is 0 Å². The zero-order chi connectivity index (χ0) is 19.2. The van der Waals surface area contributed by atoms with Crippen molar-refractivity contribution in [3.63, 3.8) is 0 Å². The molecular weight excluding hydrogens is 475 g/mol. The van der Waals surface area contributed by atoms with E-state index in [2.05, 4.69) is 53.7 Å². The zero-order valence-electron chi connectivity index (χ0n) is 16.7. The second-order valence-electron chi connectivity index (χ2n) is 7.25. The molecule has 6 nitrogen and oxygen atoms in total. The van der Waals surface area contributed by atoms with Crippen LogP contribution in [0.25, 0.3) is 0 Å². The summed E-state index contributed by atoms with van der Waals surface area (Å²) in [5.74, 6) is 1.67. The minimum absolute atomic E-state index is 0. The molecule has 2 rings (SSSR count). The van der Waals surface area contributed by atoms with Crippen molar-refractivity contribution in [3.8, 4) is 0 Å². The largest absolute Gasteiger partial charge is 0.356 e. The summed E-state index contributed by atoms with van der Waals surface area (Å²) in [6.45, 7) is 7.15. The molecule has 0 aromatic heterocycles. The molecule has 0 aliphatic carbocycles. The summed E-state index contributed by atoms with van der Waals surface area (Å²) in [7, 11) is -1.28. The Labute approximate surface area is 181 Å². The standard InChI is InChI=1S/C19H32N4O2S.HI/c1-15-5-7-18(8-6-15)16(2)13-21-19(20-3)22-14-17-9-11-23(12-10-17)26(4,24)25;/h5-8,16-17H,9-14H2,1-4H3,(H2,20,21,22);1H. The maximum atomic E-state index is 11.6. The average Bonchev–Trinajstić information content (AvgIpc) is 2.62. The van der Waals surface area contributed by atoms with E-state index in [1.54, 1.807) is 11.4 Å². The third kappa shape index (κ3) is 7.95. The molecule has 0 radical (unpaired) electrons. The van der Waals surface area contributed by atoms with Gasteiger partial charge in [0.25, 0.3) is 0 Å². The van der Waals surface area contributed by atoms with E-state index >= 15 is 0 Å². The van der Waals surface area contributed by atoms with Crippen LogP contribution in [0.1, 0.15) is 36.8 Å². The first-order chi connectivity index (χ1) is 12.3. The Bertz CT molecular complexity index is 699. The van der Waals surface area contributed by atoms with Gasteiger partial charge >= 0.3 is 0 Å². The molecule has 8 heteroatoms. The Morgan fingerprint density at radius 3 is 2.33 bits per heavy atom. The normalized spacial score (nSPS) is 17.9. The molecule has 1 fully saturated rings. The number of nitrogens with zero attached hydrogens (tertiary/aromatic N) is 2. The lowest BCUT2D eigenvalue weighted by atomic mass is 9.98. The van der Waals surface area contributed by atoms with Gasteiger partial charge in [0.05, 0.1) is 6.26 Å². The van der Waals surface area contributed by atoms with Gasteiger partial charge in [0.1, 0.15) is 0 Å². The van der Waals surface area contributed by atoms with Gasteiger partial charge in [-0.15, -0.1) is 24.0 Å². The minimum atomic E-state index is -3.06. The number of piperidine rings is 1. The zero-order valence-corrected chi connectivity index (χ0v) is 19.9. The van der Waals surface area contributed by atoms with Gasteiger partial charge in [-0.2, -0.15) is 0 Å². The number of aliphatic imine (C=N–C) groups is 1. The van der Waals surface area contributed by atoms with E-state index < -0.39 is 10.0 Å². The van der Waals surface area contributed by atoms with Crippen molar-refractivity contribution in [3.05, 3.63) is 35.4 Å². The van der Waals surface area contributed by atoms with Gasteiger partial charge in [0.15, 0.2) is 5.96 Å². The van der Waals surface area contributed by atoms with Crippen molar-refractivity contribution < 1.29 is 8.42 Å². The first kappa shape index (κ1) is 24.2. The first-order valence-corrected chi connectivity index (χ1v) is 11.1. The van der Waals surface area contributed by atoms with E-state index in [-0.39, 0.29) is 24.0 Å². The maximum absolute atomic E-state index is 11.6. The highest BCUT2D eigenvalue weighted by Gasteiger charge is 2.24. The van der Waals surface area contributed by atoms with Crippen LogP contribution in [-0.2, 0) is 10.0 Å². The van der Waals surface area contributed by atoms with Crippen molar-refractivity contribution in [1.82, 2.24) is 14.9 Å². The van der Waals surface area contributed by atoms with Crippen molar-refractivity contribution in [1.29, 1.82) is 0 Å². The molecule has 27 heavy (non-hydrogen) atoms. The molecule has 1 aliphatic heterocycles. The topological polar surface area (TPSA) is 73.8 Å². The van der Waals surface area contributed by atoms with Crippen LogP contribution in [0, 0.1) is 12.8 Å². The molecule has 2 N–H and O–H groups in total. The quantitative estimate of drug-likeness (QED) is 0.352. The fraction of sp³-hybridized carbons (Fsp3) is 0.632. The summed E-state index contributed by atoms with van der Waals surface area (Å²) < 4.78 is 24.7. The summed E-state index contributed by atoms with van der Waals surface area (Å²) in [4.78, 5) is 4.29. The molecule has 0 bridgehead atoms. The molecule has 0 spiro atoms. The number of aryl methyl sites for hydroxylation is 1. The Kier molecular flexibility index (Phi) is 10.0. The highest BCUT2D eigenvalue weighted by atomic mass is 127. The van der Waals surface area contributed by atoms with Crippen LogP contribution in [-0.4, -0.2) is 58.2 Å². The van der Waals surface area contributed by atoms with E-state index in [9.17, 15) is 8.42 Å². The average molecular weight is 508 g/mol. The van der Waals surface area contributed by atoms with Crippen molar-refractivity contribution in [2.45, 2.75) is 32.6 Å². The van der Waals surface area contributed by atoms with Crippen molar-refractivity contribution in [2.24, 2.45) is 10.9 Å². The van der Waals surface area contributed by atoms with Gasteiger partial charge < -0.3 is 10.6 Å². The molecule has 1 atom stereocenters. The monoisotopic (exact) mass is 508 g/mol. The SMILES string of the molecule is CN=C(NCC1CCN(S(C)(=O)=O)CC1)NCC(C)c1ccc(C)cc1.I. The summed E-state index contributed by atoms with van der Waals surface area (Å²) in [6.07, 6.45) is 3.06. The lowest BCUT2D eigenvalue weighted by Crippen LogP contribution is -2.44. The number of nitrogens with one attached hydrogen (secondary N) is 2. The van der Waals surface area contributed by atoms with E-state index in [0.29, 0.717) is 24.9 Å². The van der Waals surface area contributed by atoms with Crippen LogP contribution in [0.3, 0.4) is 0 Å². The molecule has 1 heterocycles. The Hall–Kier alpha value is -0.870. The lowest BCUT2D eigenvalue weighted by Gasteiger charge is -2.30. The molecule has 1 aromatic rings. The number of sulfonamides is 1. The summed E-state index contributed by atoms with van der Waals surface area (Å²) in [6, 6.07) is 8.63. The number of benzene rings is 1. The molecule has 1 aliphatic rings. The maximum Gasteiger partial charge on any atom is 0.211 e. The van der Waals surface area contributed by atoms with Gasteiger partial charge in [-0.1, -0.05) is 36.8 Å². The van der Waals surface area contributed by atoms with Crippen LogP contribution in [0.4, 0.5) is 0 Å². The number of hydrogen-bond acceptors (Lipinski definition) is 3. The van der Waals surface area contributed by atoms with Crippen LogP contribution >= 0.6 is 24.0 Å². The smallest absolute Gasteiger partial charge is 0.211 e. The summed E-state index contributed by atoms with van der Waals surface area (Å²) >= 11 is 0. The van der Waals surface area contributed by atoms with Crippen LogP contribution < -0.4 is 10.6 Å². The highest BCUT2D eigenvalue weighted by Crippen LogP contribution is 2.18. The number of guanidine groups is 1. The van der Waals surface area contributed by atoms with Crippen molar-refractivity contribution >= 4 is 40.0 Å². The Morgan fingerprint density at radius 1 is 1.22 bits per heavy atom. The Balaban J connectivity index is 0.00000364. The summed E-state index contributed by atoms with van der Waals surface area (Å²) in [5.41, 5.74) is 2.58. The predicted molar refractivity (Wildman–Crippen MR) is 124 cm³/mol. The van der Waals surface area contributed by atoms with Gasteiger partial charge in [0, 0.05) is 33.2 Å². The van der Waals surface area contributed by atoms with E-state index in [1.807, 2.05) is 0 Å². The second-order valence-corrected chi connectivity index (χ2v) is 9.23. The number of rotatable bonds is 6. The molecule has 1 saturated heterocycles. The highest BCUT2D eigenvalue weighted by molar-refractivity contribution is 14.0. The fourth-order valence-corrected chi connectivity index (χ4v) is 4.04. The molecular formula is C19H33IN4O2S. The van der Waals surface area contributed by atoms with Gasteiger partial charge in [-0.3, -0.25) is 4.99 Å². The third-order valence-electron chi connectivity index (χ3n) is 5.05. The van der Waals surface area contributed by atoms with Crippen LogP contribution in [0.15, 0.2) is 29.3 Å².